The molecule has 0 amide bonds. The molecule has 16 heavy (non-hydrogen) atoms. The Hall–Kier alpha value is -1.39. The molecule has 0 bridgehead atoms. The highest BCUT2D eigenvalue weighted by Crippen LogP contribution is 2.22. The van der Waals surface area contributed by atoms with Gasteiger partial charge in [0.15, 0.2) is 6.29 Å². The van der Waals surface area contributed by atoms with Gasteiger partial charge in [-0.2, -0.15) is 0 Å². The smallest absolute Gasteiger partial charge is 0.157 e. The topological polar surface area (TPSA) is 49.6 Å². The van der Waals surface area contributed by atoms with Crippen LogP contribution < -0.4 is 10.6 Å². The molecule has 0 aromatic heterocycles. The summed E-state index contributed by atoms with van der Waals surface area (Å²) in [5.74, 6) is 0. The summed E-state index contributed by atoms with van der Waals surface area (Å²) >= 11 is 0. The molecule has 0 radical (unpaired) electrons. The number of carbonyl (C=O) groups is 1. The predicted octanol–water partition coefficient (Wildman–Crippen LogP) is 0.422. The fraction of sp³-hybridized carbons (Fsp3) is 0.417. The van der Waals surface area contributed by atoms with E-state index in [0.29, 0.717) is 6.54 Å². The minimum atomic E-state index is -0.145. The van der Waals surface area contributed by atoms with Gasteiger partial charge in [0.05, 0.1) is 0 Å². The van der Waals surface area contributed by atoms with Gasteiger partial charge >= 0.3 is 0 Å². The van der Waals surface area contributed by atoms with Crippen LogP contribution in [0.1, 0.15) is 5.56 Å². The SMILES string of the molecule is CN1CCN(c2cccc(CN)c2)C1C=O. The van der Waals surface area contributed by atoms with Crippen LogP contribution in [-0.2, 0) is 11.3 Å². The lowest BCUT2D eigenvalue weighted by molar-refractivity contribution is -0.111. The van der Waals surface area contributed by atoms with Crippen LogP contribution in [0.3, 0.4) is 0 Å². The fourth-order valence-corrected chi connectivity index (χ4v) is 2.09. The van der Waals surface area contributed by atoms with Crippen LogP contribution in [0.2, 0.25) is 0 Å². The van der Waals surface area contributed by atoms with Gasteiger partial charge in [-0.3, -0.25) is 9.69 Å². The van der Waals surface area contributed by atoms with E-state index >= 15 is 0 Å². The number of nitrogens with zero attached hydrogens (tertiary/aromatic N) is 2. The van der Waals surface area contributed by atoms with E-state index < -0.39 is 0 Å². The van der Waals surface area contributed by atoms with Crippen molar-refractivity contribution in [1.29, 1.82) is 0 Å². The van der Waals surface area contributed by atoms with E-state index in [0.717, 1.165) is 30.6 Å². The summed E-state index contributed by atoms with van der Waals surface area (Å²) in [5, 5.41) is 0. The molecule has 1 unspecified atom stereocenters. The van der Waals surface area contributed by atoms with Crippen LogP contribution in [-0.4, -0.2) is 37.5 Å². The quantitative estimate of drug-likeness (QED) is 0.749. The van der Waals surface area contributed by atoms with Gasteiger partial charge in [-0.1, -0.05) is 12.1 Å². The highest BCUT2D eigenvalue weighted by molar-refractivity contribution is 5.67. The van der Waals surface area contributed by atoms with Crippen LogP contribution in [0.4, 0.5) is 5.69 Å². The minimum absolute atomic E-state index is 0.145. The molecule has 1 atom stereocenters. The largest absolute Gasteiger partial charge is 0.348 e. The van der Waals surface area contributed by atoms with Crippen molar-refractivity contribution >= 4 is 12.0 Å². The molecule has 0 aliphatic carbocycles. The molecular weight excluding hydrogens is 202 g/mol. The third kappa shape index (κ3) is 1.94. The first kappa shape index (κ1) is 11.1. The Labute approximate surface area is 95.6 Å². The average Bonchev–Trinajstić information content (AvgIpc) is 2.70. The lowest BCUT2D eigenvalue weighted by atomic mass is 10.2. The molecule has 1 aliphatic rings. The maximum Gasteiger partial charge on any atom is 0.157 e. The first-order valence-corrected chi connectivity index (χ1v) is 5.47. The Morgan fingerprint density at radius 1 is 1.50 bits per heavy atom. The van der Waals surface area contributed by atoms with Gasteiger partial charge in [-0.05, 0) is 24.7 Å². The summed E-state index contributed by atoms with van der Waals surface area (Å²) in [6.07, 6.45) is 0.843. The normalized spacial score (nSPS) is 21.4. The molecule has 4 nitrogen and oxygen atoms in total. The maximum atomic E-state index is 11.0. The molecule has 1 aromatic rings. The zero-order valence-electron chi connectivity index (χ0n) is 9.47. The van der Waals surface area contributed by atoms with E-state index in [-0.39, 0.29) is 6.17 Å². The minimum Gasteiger partial charge on any atom is -0.348 e. The van der Waals surface area contributed by atoms with Crippen LogP contribution in [0.25, 0.3) is 0 Å². The van der Waals surface area contributed by atoms with Gasteiger partial charge in [0.2, 0.25) is 0 Å². The third-order valence-electron chi connectivity index (χ3n) is 3.06. The van der Waals surface area contributed by atoms with Crippen LogP contribution in [0.15, 0.2) is 24.3 Å². The molecule has 2 rings (SSSR count). The Morgan fingerprint density at radius 2 is 2.31 bits per heavy atom. The van der Waals surface area contributed by atoms with Gasteiger partial charge in [-0.25, -0.2) is 0 Å². The lowest BCUT2D eigenvalue weighted by Crippen LogP contribution is -2.38. The molecule has 1 aliphatic heterocycles. The number of hydrogen-bond donors (Lipinski definition) is 1. The lowest BCUT2D eigenvalue weighted by Gasteiger charge is -2.25. The zero-order valence-corrected chi connectivity index (χ0v) is 9.47. The number of likely N-dealkylation sites (N-methyl/N-ethyl adjacent to an activating group) is 1. The van der Waals surface area contributed by atoms with Crippen molar-refractivity contribution in [3.8, 4) is 0 Å². The monoisotopic (exact) mass is 219 g/mol. The van der Waals surface area contributed by atoms with Crippen molar-refractivity contribution in [2.45, 2.75) is 12.7 Å². The summed E-state index contributed by atoms with van der Waals surface area (Å²) in [4.78, 5) is 15.2. The van der Waals surface area contributed by atoms with Crippen molar-refractivity contribution in [2.75, 3.05) is 25.0 Å². The summed E-state index contributed by atoms with van der Waals surface area (Å²) in [7, 11) is 1.96. The van der Waals surface area contributed by atoms with E-state index in [2.05, 4.69) is 11.0 Å². The van der Waals surface area contributed by atoms with Crippen LogP contribution >= 0.6 is 0 Å². The van der Waals surface area contributed by atoms with Crippen molar-refractivity contribution in [2.24, 2.45) is 5.73 Å². The molecule has 1 heterocycles. The van der Waals surface area contributed by atoms with Crippen LogP contribution in [0.5, 0.6) is 0 Å². The first-order valence-electron chi connectivity index (χ1n) is 5.47. The number of aldehydes is 1. The third-order valence-corrected chi connectivity index (χ3v) is 3.06. The van der Waals surface area contributed by atoms with Crippen molar-refractivity contribution in [3.63, 3.8) is 0 Å². The predicted molar refractivity (Wildman–Crippen MR) is 64.2 cm³/mol. The van der Waals surface area contributed by atoms with Gasteiger partial charge in [0.1, 0.15) is 6.17 Å². The highest BCUT2D eigenvalue weighted by atomic mass is 16.1. The molecule has 1 fully saturated rings. The van der Waals surface area contributed by atoms with Crippen molar-refractivity contribution in [3.05, 3.63) is 29.8 Å². The summed E-state index contributed by atoms with van der Waals surface area (Å²) in [5.41, 5.74) is 7.78. The number of anilines is 1. The number of hydrogen-bond acceptors (Lipinski definition) is 4. The number of benzene rings is 1. The molecule has 0 saturated carbocycles. The van der Waals surface area contributed by atoms with E-state index in [4.69, 9.17) is 5.73 Å². The molecule has 1 aromatic carbocycles. The van der Waals surface area contributed by atoms with Gasteiger partial charge in [0, 0.05) is 25.3 Å². The van der Waals surface area contributed by atoms with E-state index in [1.165, 1.54) is 0 Å². The van der Waals surface area contributed by atoms with Crippen LogP contribution in [0, 0.1) is 0 Å². The zero-order chi connectivity index (χ0) is 11.5. The second-order valence-corrected chi connectivity index (χ2v) is 4.10. The summed E-state index contributed by atoms with van der Waals surface area (Å²) in [6.45, 7) is 2.33. The fourth-order valence-electron chi connectivity index (χ4n) is 2.09. The Balaban J connectivity index is 2.26. The Morgan fingerprint density at radius 3 is 3.00 bits per heavy atom. The van der Waals surface area contributed by atoms with E-state index in [1.807, 2.05) is 30.1 Å². The number of rotatable bonds is 3. The molecule has 4 heteroatoms. The molecule has 1 saturated heterocycles. The average molecular weight is 219 g/mol. The highest BCUT2D eigenvalue weighted by Gasteiger charge is 2.28. The molecule has 2 N–H and O–H groups in total. The molecular formula is C12H17N3O. The second-order valence-electron chi connectivity index (χ2n) is 4.10. The number of nitrogens with two attached hydrogens (primary N) is 1. The molecule has 0 spiro atoms. The second kappa shape index (κ2) is 4.63. The molecule has 86 valence electrons. The van der Waals surface area contributed by atoms with Gasteiger partial charge in [0.25, 0.3) is 0 Å². The maximum absolute atomic E-state index is 11.0. The first-order chi connectivity index (χ1) is 7.76. The van der Waals surface area contributed by atoms with Crippen molar-refractivity contribution in [1.82, 2.24) is 4.90 Å². The van der Waals surface area contributed by atoms with Gasteiger partial charge < -0.3 is 10.6 Å². The van der Waals surface area contributed by atoms with Gasteiger partial charge in [-0.15, -0.1) is 0 Å². The summed E-state index contributed by atoms with van der Waals surface area (Å²) < 4.78 is 0. The van der Waals surface area contributed by atoms with E-state index in [1.54, 1.807) is 0 Å². The number of carbonyl (C=O) groups excluding carboxylic acids is 1. The summed E-state index contributed by atoms with van der Waals surface area (Å²) in [6, 6.07) is 8.06. The Kier molecular flexibility index (Phi) is 3.22. The standard InChI is InChI=1S/C12H17N3O/c1-14-5-6-15(12(14)9-16)11-4-2-3-10(7-11)8-13/h2-4,7,9,12H,5-6,8,13H2,1H3. The van der Waals surface area contributed by atoms with E-state index in [9.17, 15) is 4.79 Å². The van der Waals surface area contributed by atoms with Crippen molar-refractivity contribution < 1.29 is 4.79 Å². The Bertz CT molecular complexity index is 380.